The number of ether oxygens (including phenoxy) is 1. The Morgan fingerprint density at radius 3 is 3.05 bits per heavy atom. The zero-order chi connectivity index (χ0) is 13.9. The molecule has 1 aliphatic heterocycles. The average Bonchev–Trinajstić information content (AvgIpc) is 2.91. The molecule has 0 saturated carbocycles. The molecule has 0 spiro atoms. The van der Waals surface area contributed by atoms with Gasteiger partial charge in [-0.1, -0.05) is 28.1 Å². The van der Waals surface area contributed by atoms with Gasteiger partial charge in [-0.25, -0.2) is 0 Å². The summed E-state index contributed by atoms with van der Waals surface area (Å²) >= 11 is 7.89. The maximum Gasteiger partial charge on any atom is 0.119 e. The van der Waals surface area contributed by atoms with Crippen molar-refractivity contribution in [1.29, 1.82) is 0 Å². The molecule has 1 atom stereocenters. The van der Waals surface area contributed by atoms with Gasteiger partial charge in [-0.05, 0) is 47.9 Å². The minimum absolute atomic E-state index is 0.398. The van der Waals surface area contributed by atoms with E-state index in [9.17, 15) is 0 Å². The van der Waals surface area contributed by atoms with Crippen LogP contribution >= 0.6 is 39.0 Å². The first-order valence-corrected chi connectivity index (χ1v) is 9.61. The highest BCUT2D eigenvalue weighted by atomic mass is 79.9. The number of thiophene rings is 1. The number of benzene rings is 1. The van der Waals surface area contributed by atoms with Crippen LogP contribution in [-0.2, 0) is 18.6 Å². The maximum absolute atomic E-state index is 5.29. The third kappa shape index (κ3) is 3.23. The highest BCUT2D eigenvalue weighted by Gasteiger charge is 2.18. The van der Waals surface area contributed by atoms with Gasteiger partial charge in [0.05, 0.1) is 11.9 Å². The molecule has 4 heteroatoms. The summed E-state index contributed by atoms with van der Waals surface area (Å²) in [4.78, 5) is 3.45. The minimum atomic E-state index is 0.398. The Labute approximate surface area is 136 Å². The van der Waals surface area contributed by atoms with Gasteiger partial charge in [-0.2, -0.15) is 11.8 Å². The Kier molecular flexibility index (Phi) is 4.74. The molecule has 1 aromatic carbocycles. The molecule has 0 N–H and O–H groups in total. The van der Waals surface area contributed by atoms with Gasteiger partial charge >= 0.3 is 0 Å². The first-order chi connectivity index (χ1) is 9.76. The highest BCUT2D eigenvalue weighted by Crippen LogP contribution is 2.38. The van der Waals surface area contributed by atoms with Gasteiger partial charge in [0.1, 0.15) is 5.75 Å². The molecule has 106 valence electrons. The van der Waals surface area contributed by atoms with E-state index in [2.05, 4.69) is 40.2 Å². The molecule has 0 aliphatic carbocycles. The molecular formula is C16H17BrOS2. The fraction of sp³-hybridized carbons (Fsp3) is 0.375. The fourth-order valence-corrected chi connectivity index (χ4v) is 5.57. The molecule has 0 bridgehead atoms. The first kappa shape index (κ1) is 14.5. The number of rotatable bonds is 4. The molecular weight excluding hydrogens is 352 g/mol. The van der Waals surface area contributed by atoms with Crippen LogP contribution in [0.3, 0.4) is 0 Å². The van der Waals surface area contributed by atoms with Crippen LogP contribution in [0.1, 0.15) is 25.7 Å². The van der Waals surface area contributed by atoms with Gasteiger partial charge < -0.3 is 4.74 Å². The number of halogens is 1. The van der Waals surface area contributed by atoms with Gasteiger partial charge in [0, 0.05) is 15.5 Å². The van der Waals surface area contributed by atoms with Crippen molar-refractivity contribution in [3.63, 3.8) is 0 Å². The SMILES string of the molecule is COc1cccc(CC(Br)c2cc3c(s2)CCSC3)c1. The predicted molar refractivity (Wildman–Crippen MR) is 92.6 cm³/mol. The monoisotopic (exact) mass is 368 g/mol. The summed E-state index contributed by atoms with van der Waals surface area (Å²) in [5, 5.41) is 0. The molecule has 0 radical (unpaired) electrons. The van der Waals surface area contributed by atoms with E-state index in [1.807, 2.05) is 29.2 Å². The number of alkyl halides is 1. The third-order valence-electron chi connectivity index (χ3n) is 3.50. The van der Waals surface area contributed by atoms with Crippen molar-refractivity contribution >= 4 is 39.0 Å². The Balaban J connectivity index is 1.75. The van der Waals surface area contributed by atoms with Crippen LogP contribution in [-0.4, -0.2) is 12.9 Å². The summed E-state index contributed by atoms with van der Waals surface area (Å²) in [6.45, 7) is 0. The second-order valence-electron chi connectivity index (χ2n) is 4.92. The number of hydrogen-bond acceptors (Lipinski definition) is 3. The van der Waals surface area contributed by atoms with E-state index in [1.54, 1.807) is 17.6 Å². The Morgan fingerprint density at radius 1 is 1.35 bits per heavy atom. The molecule has 1 aromatic heterocycles. The number of methoxy groups -OCH3 is 1. The van der Waals surface area contributed by atoms with Gasteiger partial charge in [-0.15, -0.1) is 11.3 Å². The molecule has 1 unspecified atom stereocenters. The minimum Gasteiger partial charge on any atom is -0.497 e. The van der Waals surface area contributed by atoms with Crippen molar-refractivity contribution in [3.8, 4) is 5.75 Å². The lowest BCUT2D eigenvalue weighted by Crippen LogP contribution is -1.96. The summed E-state index contributed by atoms with van der Waals surface area (Å²) in [5.41, 5.74) is 2.86. The lowest BCUT2D eigenvalue weighted by Gasteiger charge is -2.09. The number of fused-ring (bicyclic) bond motifs is 1. The molecule has 3 rings (SSSR count). The molecule has 20 heavy (non-hydrogen) atoms. The van der Waals surface area contributed by atoms with E-state index in [0.29, 0.717) is 4.83 Å². The molecule has 0 amide bonds. The smallest absolute Gasteiger partial charge is 0.119 e. The topological polar surface area (TPSA) is 9.23 Å². The van der Waals surface area contributed by atoms with E-state index in [1.165, 1.54) is 28.4 Å². The van der Waals surface area contributed by atoms with Crippen LogP contribution in [0.4, 0.5) is 0 Å². The van der Waals surface area contributed by atoms with Gasteiger partial charge in [0.25, 0.3) is 0 Å². The third-order valence-corrected chi connectivity index (χ3v) is 6.98. The van der Waals surface area contributed by atoms with E-state index in [4.69, 9.17) is 4.74 Å². The zero-order valence-electron chi connectivity index (χ0n) is 11.4. The van der Waals surface area contributed by atoms with Crippen LogP contribution in [0.2, 0.25) is 0 Å². The maximum atomic E-state index is 5.29. The van der Waals surface area contributed by atoms with Crippen molar-refractivity contribution in [3.05, 3.63) is 51.2 Å². The largest absolute Gasteiger partial charge is 0.497 e. The molecule has 2 heterocycles. The van der Waals surface area contributed by atoms with Gasteiger partial charge in [0.15, 0.2) is 0 Å². The second kappa shape index (κ2) is 6.54. The van der Waals surface area contributed by atoms with E-state index in [0.717, 1.165) is 12.2 Å². The van der Waals surface area contributed by atoms with E-state index in [-0.39, 0.29) is 0 Å². The number of hydrogen-bond donors (Lipinski definition) is 0. The lowest BCUT2D eigenvalue weighted by atomic mass is 10.1. The normalized spacial score (nSPS) is 15.7. The van der Waals surface area contributed by atoms with Crippen LogP contribution < -0.4 is 4.74 Å². The highest BCUT2D eigenvalue weighted by molar-refractivity contribution is 9.09. The van der Waals surface area contributed by atoms with E-state index >= 15 is 0 Å². The zero-order valence-corrected chi connectivity index (χ0v) is 14.6. The lowest BCUT2D eigenvalue weighted by molar-refractivity contribution is 0.414. The Morgan fingerprint density at radius 2 is 2.25 bits per heavy atom. The molecule has 0 fully saturated rings. The molecule has 1 aliphatic rings. The van der Waals surface area contributed by atoms with Crippen molar-refractivity contribution in [2.75, 3.05) is 12.9 Å². The Hall–Kier alpha value is -0.450. The van der Waals surface area contributed by atoms with Crippen molar-refractivity contribution in [2.24, 2.45) is 0 Å². The molecule has 2 aromatic rings. The summed E-state index contributed by atoms with van der Waals surface area (Å²) in [6.07, 6.45) is 2.24. The summed E-state index contributed by atoms with van der Waals surface area (Å²) in [7, 11) is 1.72. The van der Waals surface area contributed by atoms with Gasteiger partial charge in [-0.3, -0.25) is 0 Å². The number of thioether (sulfide) groups is 1. The second-order valence-corrected chi connectivity index (χ2v) is 8.30. The predicted octanol–water partition coefficient (Wildman–Crippen LogP) is 5.22. The standard InChI is InChI=1S/C16H17BrOS2/c1-18-13-4-2-3-11(7-13)8-14(17)16-9-12-10-19-6-5-15(12)20-16/h2-4,7,9,14H,5-6,8,10H2,1H3. The van der Waals surface area contributed by atoms with Crippen LogP contribution in [0.15, 0.2) is 30.3 Å². The summed E-state index contributed by atoms with van der Waals surface area (Å²) in [5.74, 6) is 3.39. The van der Waals surface area contributed by atoms with Crippen LogP contribution in [0.25, 0.3) is 0 Å². The van der Waals surface area contributed by atoms with Crippen molar-refractivity contribution in [1.82, 2.24) is 0 Å². The average molecular weight is 369 g/mol. The van der Waals surface area contributed by atoms with Crippen molar-refractivity contribution in [2.45, 2.75) is 23.4 Å². The molecule has 1 nitrogen and oxygen atoms in total. The van der Waals surface area contributed by atoms with Crippen LogP contribution in [0, 0.1) is 0 Å². The van der Waals surface area contributed by atoms with Crippen molar-refractivity contribution < 1.29 is 4.74 Å². The summed E-state index contributed by atoms with van der Waals surface area (Å²) < 4.78 is 5.29. The van der Waals surface area contributed by atoms with Gasteiger partial charge in [0.2, 0.25) is 0 Å². The fourth-order valence-electron chi connectivity index (χ4n) is 2.43. The molecule has 0 saturated heterocycles. The number of aryl methyl sites for hydroxylation is 1. The van der Waals surface area contributed by atoms with Crippen LogP contribution in [0.5, 0.6) is 5.75 Å². The van der Waals surface area contributed by atoms with E-state index < -0.39 is 0 Å². The first-order valence-electron chi connectivity index (χ1n) is 6.72. The Bertz CT molecular complexity index is 570. The quantitative estimate of drug-likeness (QED) is 0.683. The summed E-state index contributed by atoms with van der Waals surface area (Å²) in [6, 6.07) is 10.7.